The summed E-state index contributed by atoms with van der Waals surface area (Å²) in [6, 6.07) is 3.42. The second-order valence-electron chi connectivity index (χ2n) is 8.06. The van der Waals surface area contributed by atoms with E-state index in [9.17, 15) is 23.1 Å². The van der Waals surface area contributed by atoms with Crippen molar-refractivity contribution >= 4 is 11.5 Å². The first-order valence-corrected chi connectivity index (χ1v) is 10.8. The number of halogens is 3. The minimum atomic E-state index is -4.48. The molecule has 0 fully saturated rings. The van der Waals surface area contributed by atoms with Crippen LogP contribution in [0.4, 0.5) is 13.2 Å². The van der Waals surface area contributed by atoms with Crippen LogP contribution in [0.3, 0.4) is 0 Å². The first-order chi connectivity index (χ1) is 17.2. The fourth-order valence-electron chi connectivity index (χ4n) is 4.17. The molecule has 3 atom stereocenters. The average molecular weight is 501 g/mol. The summed E-state index contributed by atoms with van der Waals surface area (Å²) in [6.07, 6.45) is 7.58. The lowest BCUT2D eigenvalue weighted by Crippen LogP contribution is -2.45. The van der Waals surface area contributed by atoms with Gasteiger partial charge < -0.3 is 15.6 Å². The number of nitrogens with two attached hydrogens (primary N) is 1. The molecule has 1 aliphatic carbocycles. The normalized spacial score (nSPS) is 20.7. The molecule has 3 aromatic heterocycles. The second kappa shape index (κ2) is 10.3. The zero-order valence-corrected chi connectivity index (χ0v) is 18.8. The highest BCUT2D eigenvalue weighted by Crippen LogP contribution is 2.49. The highest BCUT2D eigenvalue weighted by Gasteiger charge is 2.48. The van der Waals surface area contributed by atoms with E-state index in [1.54, 1.807) is 30.4 Å². The van der Waals surface area contributed by atoms with E-state index in [-0.39, 0.29) is 18.7 Å². The van der Waals surface area contributed by atoms with Gasteiger partial charge in [-0.15, -0.1) is 0 Å². The zero-order chi connectivity index (χ0) is 25.8. The molecule has 0 saturated heterocycles. The van der Waals surface area contributed by atoms with Gasteiger partial charge in [-0.1, -0.05) is 18.2 Å². The molecule has 3 aromatic rings. The van der Waals surface area contributed by atoms with Crippen LogP contribution >= 0.6 is 0 Å². The van der Waals surface area contributed by atoms with Crippen molar-refractivity contribution in [3.8, 4) is 0 Å². The molecule has 0 aliphatic heterocycles. The summed E-state index contributed by atoms with van der Waals surface area (Å²) >= 11 is 0. The van der Waals surface area contributed by atoms with Crippen LogP contribution in [0.25, 0.3) is 5.57 Å². The lowest BCUT2D eigenvalue weighted by atomic mass is 9.71. The van der Waals surface area contributed by atoms with Crippen molar-refractivity contribution < 1.29 is 27.8 Å². The summed E-state index contributed by atoms with van der Waals surface area (Å²) in [6.45, 7) is -1.59. The number of aromatic nitrogens is 6. The van der Waals surface area contributed by atoms with Crippen molar-refractivity contribution in [2.45, 2.75) is 37.4 Å². The van der Waals surface area contributed by atoms with Crippen LogP contribution in [-0.2, 0) is 28.3 Å². The Morgan fingerprint density at radius 1 is 1.17 bits per heavy atom. The van der Waals surface area contributed by atoms with E-state index in [4.69, 9.17) is 10.5 Å². The standard InChI is InChI=1S/C23H22F3N7O3/c24-22(25,26)12-33-16(4-9-32-33)11-36-23(20-6-8-29-14-31-20)15(10-18(27)21(34)35)2-1-3-17(23)19-5-7-28-13-30-19/h1-9,13-15,18H,10-12,27H2,(H,34,35). The Morgan fingerprint density at radius 2 is 1.92 bits per heavy atom. The van der Waals surface area contributed by atoms with E-state index < -0.39 is 36.3 Å². The third-order valence-corrected chi connectivity index (χ3v) is 5.76. The molecule has 0 aromatic carbocycles. The van der Waals surface area contributed by atoms with Crippen LogP contribution < -0.4 is 5.73 Å². The number of nitrogens with zero attached hydrogens (tertiary/aromatic N) is 6. The predicted molar refractivity (Wildman–Crippen MR) is 120 cm³/mol. The Hall–Kier alpha value is -3.97. The number of carboxylic acid groups (broad SMARTS) is 1. The first kappa shape index (κ1) is 25.1. The minimum Gasteiger partial charge on any atom is -0.480 e. The number of aliphatic carboxylic acids is 1. The summed E-state index contributed by atoms with van der Waals surface area (Å²) in [4.78, 5) is 28.3. The number of carboxylic acids is 1. The Kier molecular flexibility index (Phi) is 7.22. The Bertz CT molecular complexity index is 1250. The van der Waals surface area contributed by atoms with Gasteiger partial charge in [0.25, 0.3) is 0 Å². The molecule has 3 heterocycles. The minimum absolute atomic E-state index is 0.0555. The van der Waals surface area contributed by atoms with E-state index in [0.717, 1.165) is 4.68 Å². The molecule has 3 N–H and O–H groups in total. The van der Waals surface area contributed by atoms with Crippen molar-refractivity contribution in [3.63, 3.8) is 0 Å². The molecule has 3 unspecified atom stereocenters. The van der Waals surface area contributed by atoms with Crippen LogP contribution in [0, 0.1) is 5.92 Å². The topological polar surface area (TPSA) is 142 Å². The summed E-state index contributed by atoms with van der Waals surface area (Å²) in [5.74, 6) is -1.88. The molecule has 10 nitrogen and oxygen atoms in total. The van der Waals surface area contributed by atoms with Gasteiger partial charge in [0.05, 0.1) is 23.7 Å². The van der Waals surface area contributed by atoms with E-state index in [1.807, 2.05) is 0 Å². The molecular weight excluding hydrogens is 479 g/mol. The van der Waals surface area contributed by atoms with Gasteiger partial charge >= 0.3 is 12.1 Å². The van der Waals surface area contributed by atoms with Gasteiger partial charge in [-0.3, -0.25) is 9.48 Å². The fraction of sp³-hybridized carbons (Fsp3) is 0.304. The number of ether oxygens (including phenoxy) is 1. The highest BCUT2D eigenvalue weighted by atomic mass is 19.4. The van der Waals surface area contributed by atoms with Crippen LogP contribution in [0.1, 0.15) is 23.5 Å². The SMILES string of the molecule is NC(CC1C=CC=C(c2ccncn2)C1(OCc1ccnn1CC(F)(F)F)c1ccncn1)C(=O)O. The maximum absolute atomic E-state index is 13.1. The third kappa shape index (κ3) is 5.31. The van der Waals surface area contributed by atoms with Gasteiger partial charge in [-0.05, 0) is 24.6 Å². The summed E-state index contributed by atoms with van der Waals surface area (Å²) in [7, 11) is 0. The highest BCUT2D eigenvalue weighted by molar-refractivity contribution is 5.76. The van der Waals surface area contributed by atoms with E-state index >= 15 is 0 Å². The Labute approximate surface area is 203 Å². The third-order valence-electron chi connectivity index (χ3n) is 5.76. The molecule has 36 heavy (non-hydrogen) atoms. The van der Waals surface area contributed by atoms with Gasteiger partial charge in [0, 0.05) is 30.1 Å². The van der Waals surface area contributed by atoms with Gasteiger partial charge in [0.2, 0.25) is 0 Å². The number of hydrogen-bond donors (Lipinski definition) is 2. The number of carbonyl (C=O) groups is 1. The average Bonchev–Trinajstić information content (AvgIpc) is 3.29. The number of hydrogen-bond acceptors (Lipinski definition) is 8. The second-order valence-corrected chi connectivity index (χ2v) is 8.06. The van der Waals surface area contributed by atoms with E-state index in [1.165, 1.54) is 37.3 Å². The predicted octanol–water partition coefficient (Wildman–Crippen LogP) is 2.51. The Morgan fingerprint density at radius 3 is 2.56 bits per heavy atom. The molecule has 4 rings (SSSR count). The molecule has 0 radical (unpaired) electrons. The molecule has 0 amide bonds. The van der Waals surface area contributed by atoms with Crippen molar-refractivity contribution in [3.05, 3.63) is 84.8 Å². The fourth-order valence-corrected chi connectivity index (χ4v) is 4.17. The summed E-state index contributed by atoms with van der Waals surface area (Å²) in [5.41, 5.74) is 5.94. The first-order valence-electron chi connectivity index (χ1n) is 10.8. The smallest absolute Gasteiger partial charge is 0.408 e. The molecule has 13 heteroatoms. The van der Waals surface area contributed by atoms with Gasteiger partial charge in [0.15, 0.2) is 0 Å². The van der Waals surface area contributed by atoms with Gasteiger partial charge in [-0.2, -0.15) is 18.3 Å². The Balaban J connectivity index is 1.83. The number of allylic oxidation sites excluding steroid dienone is 2. The number of alkyl halides is 3. The van der Waals surface area contributed by atoms with Crippen molar-refractivity contribution in [2.75, 3.05) is 0 Å². The molecule has 0 bridgehead atoms. The van der Waals surface area contributed by atoms with Crippen molar-refractivity contribution in [2.24, 2.45) is 11.7 Å². The molecule has 0 spiro atoms. The van der Waals surface area contributed by atoms with Gasteiger partial charge in [-0.25, -0.2) is 19.9 Å². The van der Waals surface area contributed by atoms with Crippen LogP contribution in [0.5, 0.6) is 0 Å². The van der Waals surface area contributed by atoms with Crippen LogP contribution in [0.15, 0.2) is 67.7 Å². The quantitative estimate of drug-likeness (QED) is 0.452. The monoisotopic (exact) mass is 501 g/mol. The molecule has 188 valence electrons. The zero-order valence-electron chi connectivity index (χ0n) is 18.8. The van der Waals surface area contributed by atoms with E-state index in [2.05, 4.69) is 25.0 Å². The summed E-state index contributed by atoms with van der Waals surface area (Å²) < 4.78 is 46.5. The molecule has 0 saturated carbocycles. The van der Waals surface area contributed by atoms with Crippen molar-refractivity contribution in [1.82, 2.24) is 29.7 Å². The maximum Gasteiger partial charge on any atom is 0.408 e. The lowest BCUT2D eigenvalue weighted by Gasteiger charge is -2.42. The van der Waals surface area contributed by atoms with E-state index in [0.29, 0.717) is 17.0 Å². The van der Waals surface area contributed by atoms with Crippen LogP contribution in [0.2, 0.25) is 0 Å². The van der Waals surface area contributed by atoms with Crippen LogP contribution in [-0.4, -0.2) is 53.0 Å². The summed E-state index contributed by atoms with van der Waals surface area (Å²) in [5, 5.41) is 13.3. The largest absolute Gasteiger partial charge is 0.480 e. The number of rotatable bonds is 9. The lowest BCUT2D eigenvalue weighted by molar-refractivity contribution is -0.144. The maximum atomic E-state index is 13.1. The molecular formula is C23H22F3N7O3. The van der Waals surface area contributed by atoms with Gasteiger partial charge in [0.1, 0.15) is 30.8 Å². The van der Waals surface area contributed by atoms with Crippen molar-refractivity contribution in [1.29, 1.82) is 0 Å². The molecule has 1 aliphatic rings.